The quantitative estimate of drug-likeness (QED) is 0.449. The predicted octanol–water partition coefficient (Wildman–Crippen LogP) is 0.508. The SMILES string of the molecule is CCc1cc2c([c-]c1C1C=CC=C1)Cc1ccccc1-2.[Cl-].[Cl-].[Zr+2]=[C]1CCCCC1. The van der Waals surface area contributed by atoms with E-state index in [0.29, 0.717) is 5.92 Å². The summed E-state index contributed by atoms with van der Waals surface area (Å²) in [4.78, 5) is 0. The van der Waals surface area contributed by atoms with Crippen LogP contribution in [0.2, 0.25) is 0 Å². The van der Waals surface area contributed by atoms with Crippen molar-refractivity contribution in [3.63, 3.8) is 0 Å². The van der Waals surface area contributed by atoms with Gasteiger partial charge in [-0.1, -0.05) is 73.0 Å². The zero-order valence-electron chi connectivity index (χ0n) is 17.0. The van der Waals surface area contributed by atoms with Gasteiger partial charge < -0.3 is 24.8 Å². The molecule has 3 aliphatic rings. The Balaban J connectivity index is 0.000000287. The Hall–Kier alpha value is -0.747. The third-order valence-corrected chi connectivity index (χ3v) is 7.10. The van der Waals surface area contributed by atoms with Gasteiger partial charge in [-0.05, 0) is 12.3 Å². The molecule has 0 N–H and O–H groups in total. The van der Waals surface area contributed by atoms with Crippen LogP contribution in [0.15, 0.2) is 54.6 Å². The third-order valence-electron chi connectivity index (χ3n) is 5.87. The maximum absolute atomic E-state index is 3.73. The second-order valence-corrected chi connectivity index (χ2v) is 9.49. The number of aryl methyl sites for hydroxylation is 1. The van der Waals surface area contributed by atoms with Crippen LogP contribution in [0.5, 0.6) is 0 Å². The number of halogens is 2. The summed E-state index contributed by atoms with van der Waals surface area (Å²) < 4.78 is 1.80. The number of rotatable bonds is 2. The number of fused-ring (bicyclic) bond motifs is 3. The molecule has 0 bridgehead atoms. The minimum absolute atomic E-state index is 0. The van der Waals surface area contributed by atoms with Crippen molar-refractivity contribution in [1.82, 2.24) is 0 Å². The van der Waals surface area contributed by atoms with Crippen LogP contribution >= 0.6 is 0 Å². The van der Waals surface area contributed by atoms with E-state index >= 15 is 0 Å². The van der Waals surface area contributed by atoms with Crippen molar-refractivity contribution < 1.29 is 49.0 Å². The van der Waals surface area contributed by atoms with E-state index < -0.39 is 0 Å². The molecule has 0 aliphatic heterocycles. The summed E-state index contributed by atoms with van der Waals surface area (Å²) in [5.74, 6) is 0.416. The Morgan fingerprint density at radius 1 is 0.966 bits per heavy atom. The molecule has 0 radical (unpaired) electrons. The molecule has 0 unspecified atom stereocenters. The van der Waals surface area contributed by atoms with Gasteiger partial charge in [0.05, 0.1) is 0 Å². The monoisotopic (exact) mass is 499 g/mol. The zero-order chi connectivity index (χ0) is 18.6. The third kappa shape index (κ3) is 5.69. The molecule has 0 aromatic heterocycles. The van der Waals surface area contributed by atoms with E-state index in [4.69, 9.17) is 0 Å². The average molecular weight is 502 g/mol. The molecular weight excluding hydrogens is 474 g/mol. The molecule has 0 saturated heterocycles. The van der Waals surface area contributed by atoms with E-state index in [-0.39, 0.29) is 24.8 Å². The second kappa shape index (κ2) is 11.6. The first-order valence-electron chi connectivity index (χ1n) is 10.3. The minimum atomic E-state index is 0. The molecule has 3 aliphatic carbocycles. The molecule has 0 nitrogen and oxygen atoms in total. The number of benzene rings is 2. The van der Waals surface area contributed by atoms with Gasteiger partial charge in [0.25, 0.3) is 0 Å². The summed E-state index contributed by atoms with van der Waals surface area (Å²) in [5, 5.41) is 0. The van der Waals surface area contributed by atoms with Gasteiger partial charge in [0, 0.05) is 0 Å². The molecule has 3 heteroatoms. The predicted molar refractivity (Wildman–Crippen MR) is 112 cm³/mol. The van der Waals surface area contributed by atoms with E-state index in [1.165, 1.54) is 65.5 Å². The molecule has 29 heavy (non-hydrogen) atoms. The topological polar surface area (TPSA) is 0 Å². The average Bonchev–Trinajstić information content (AvgIpc) is 3.35. The van der Waals surface area contributed by atoms with Gasteiger partial charge in [-0.15, -0.1) is 16.7 Å². The standard InChI is InChI=1S/C20H17.C6H10.2ClH.Zr/c1-2-14-12-20-17(11-16-9-5-6-10-18(16)20)13-19(14)15-7-3-4-8-15;1-2-4-6-5-3-1;;;/h3-10,12,15H,2,11H2,1H3;1-5H2;2*1H;/q-1;;;;+2/p-2. The maximum atomic E-state index is 3.73. The summed E-state index contributed by atoms with van der Waals surface area (Å²) in [6, 6.07) is 14.9. The van der Waals surface area contributed by atoms with E-state index in [1.807, 2.05) is 0 Å². The van der Waals surface area contributed by atoms with Crippen LogP contribution in [-0.4, -0.2) is 3.21 Å². The van der Waals surface area contributed by atoms with Gasteiger partial charge >= 0.3 is 59.5 Å². The van der Waals surface area contributed by atoms with Crippen LogP contribution < -0.4 is 24.8 Å². The molecule has 1 saturated carbocycles. The van der Waals surface area contributed by atoms with Gasteiger partial charge in [-0.25, -0.2) is 0 Å². The summed E-state index contributed by atoms with van der Waals surface area (Å²) in [5.41, 5.74) is 8.40. The number of hydrogen-bond donors (Lipinski definition) is 0. The van der Waals surface area contributed by atoms with Gasteiger partial charge in [0.1, 0.15) is 0 Å². The molecule has 0 spiro atoms. The van der Waals surface area contributed by atoms with Gasteiger partial charge in [0.15, 0.2) is 0 Å². The van der Waals surface area contributed by atoms with Crippen LogP contribution in [0.3, 0.4) is 0 Å². The van der Waals surface area contributed by atoms with Crippen LogP contribution in [0, 0.1) is 6.07 Å². The van der Waals surface area contributed by atoms with Gasteiger partial charge in [-0.2, -0.15) is 17.7 Å². The summed E-state index contributed by atoms with van der Waals surface area (Å²) in [6.07, 6.45) is 18.2. The normalized spacial score (nSPS) is 16.3. The van der Waals surface area contributed by atoms with Crippen LogP contribution in [0.1, 0.15) is 67.2 Å². The van der Waals surface area contributed by atoms with E-state index in [2.05, 4.69) is 67.6 Å². The Labute approximate surface area is 203 Å². The van der Waals surface area contributed by atoms with Crippen molar-refractivity contribution in [2.24, 2.45) is 0 Å². The Bertz CT molecular complexity index is 891. The number of hydrogen-bond acceptors (Lipinski definition) is 0. The first kappa shape index (κ1) is 24.5. The van der Waals surface area contributed by atoms with Crippen molar-refractivity contribution in [1.29, 1.82) is 0 Å². The molecule has 2 aromatic rings. The summed E-state index contributed by atoms with van der Waals surface area (Å²) in [7, 11) is 0. The molecular formula is C26H27Cl2Zr-. The van der Waals surface area contributed by atoms with Gasteiger partial charge in [0.2, 0.25) is 0 Å². The summed E-state index contributed by atoms with van der Waals surface area (Å²) >= 11 is 1.69. The van der Waals surface area contributed by atoms with Crippen LogP contribution in [0.4, 0.5) is 0 Å². The zero-order valence-corrected chi connectivity index (χ0v) is 20.9. The molecule has 1 fully saturated rings. The van der Waals surface area contributed by atoms with E-state index in [1.54, 1.807) is 27.4 Å². The molecule has 0 atom stereocenters. The Morgan fingerprint density at radius 3 is 2.28 bits per heavy atom. The van der Waals surface area contributed by atoms with Crippen LogP contribution in [-0.2, 0) is 37.1 Å². The van der Waals surface area contributed by atoms with Crippen molar-refractivity contribution in [2.75, 3.05) is 0 Å². The van der Waals surface area contributed by atoms with Crippen LogP contribution in [0.25, 0.3) is 11.1 Å². The molecule has 150 valence electrons. The Kier molecular flexibility index (Phi) is 9.80. The van der Waals surface area contributed by atoms with Crippen molar-refractivity contribution >= 4 is 3.21 Å². The first-order chi connectivity index (χ1) is 13.3. The molecule has 0 amide bonds. The Morgan fingerprint density at radius 2 is 1.66 bits per heavy atom. The summed E-state index contributed by atoms with van der Waals surface area (Å²) in [6.45, 7) is 2.24. The van der Waals surface area contributed by atoms with Gasteiger partial charge in [-0.3, -0.25) is 0 Å². The van der Waals surface area contributed by atoms with Crippen molar-refractivity contribution in [3.05, 3.63) is 83.0 Å². The second-order valence-electron chi connectivity index (χ2n) is 7.75. The first-order valence-corrected chi connectivity index (χ1v) is 11.6. The van der Waals surface area contributed by atoms with E-state index in [9.17, 15) is 0 Å². The fourth-order valence-electron chi connectivity index (χ4n) is 4.35. The van der Waals surface area contributed by atoms with Crippen molar-refractivity contribution in [3.8, 4) is 11.1 Å². The molecule has 2 aromatic carbocycles. The number of allylic oxidation sites excluding steroid dienone is 4. The van der Waals surface area contributed by atoms with Crippen molar-refractivity contribution in [2.45, 2.75) is 57.8 Å². The molecule has 5 rings (SSSR count). The molecule has 0 heterocycles. The fraction of sp³-hybridized carbons (Fsp3) is 0.346. The fourth-order valence-corrected chi connectivity index (χ4v) is 5.22. The van der Waals surface area contributed by atoms with E-state index in [0.717, 1.165) is 12.8 Å².